The largest absolute Gasteiger partial charge is 0.306 e. The first-order valence-electron chi connectivity index (χ1n) is 6.16. The highest BCUT2D eigenvalue weighted by Gasteiger charge is 2.12. The van der Waals surface area contributed by atoms with Crippen molar-refractivity contribution in [3.63, 3.8) is 0 Å². The molecule has 0 amide bonds. The fourth-order valence-corrected chi connectivity index (χ4v) is 2.50. The van der Waals surface area contributed by atoms with Crippen molar-refractivity contribution in [2.24, 2.45) is 7.05 Å². The van der Waals surface area contributed by atoms with Crippen LogP contribution in [0.3, 0.4) is 0 Å². The molecule has 0 radical (unpaired) electrons. The molecule has 0 aliphatic heterocycles. The van der Waals surface area contributed by atoms with Crippen LogP contribution in [0.2, 0.25) is 5.15 Å². The molecule has 1 aromatic carbocycles. The Bertz CT molecular complexity index is 563. The maximum atomic E-state index is 6.22. The summed E-state index contributed by atoms with van der Waals surface area (Å²) in [5.74, 6) is 0. The Morgan fingerprint density at radius 3 is 2.53 bits per heavy atom. The summed E-state index contributed by atoms with van der Waals surface area (Å²) in [4.78, 5) is 0. The second-order valence-corrected chi connectivity index (χ2v) is 5.91. The molecule has 1 atom stereocenters. The number of nitrogens with one attached hydrogen (secondary N) is 1. The van der Waals surface area contributed by atoms with Crippen molar-refractivity contribution in [1.29, 1.82) is 0 Å². The monoisotopic (exact) mass is 341 g/mol. The van der Waals surface area contributed by atoms with Crippen molar-refractivity contribution in [3.05, 3.63) is 50.7 Å². The van der Waals surface area contributed by atoms with Crippen molar-refractivity contribution in [2.75, 3.05) is 0 Å². The highest BCUT2D eigenvalue weighted by atomic mass is 79.9. The molecule has 102 valence electrons. The minimum Gasteiger partial charge on any atom is -0.306 e. The number of halogens is 2. The van der Waals surface area contributed by atoms with Crippen LogP contribution in [0.4, 0.5) is 0 Å². The number of aromatic nitrogens is 2. The second kappa shape index (κ2) is 6.07. The quantitative estimate of drug-likeness (QED) is 0.910. The van der Waals surface area contributed by atoms with E-state index in [1.54, 1.807) is 4.68 Å². The number of rotatable bonds is 4. The van der Waals surface area contributed by atoms with Crippen LogP contribution in [0.5, 0.6) is 0 Å². The average Bonchev–Trinajstić information content (AvgIpc) is 2.62. The summed E-state index contributed by atoms with van der Waals surface area (Å²) in [5, 5.41) is 8.49. The van der Waals surface area contributed by atoms with Gasteiger partial charge in [0.25, 0.3) is 0 Å². The fourth-order valence-electron chi connectivity index (χ4n) is 2.00. The van der Waals surface area contributed by atoms with E-state index < -0.39 is 0 Å². The van der Waals surface area contributed by atoms with Crippen molar-refractivity contribution >= 4 is 27.5 Å². The van der Waals surface area contributed by atoms with E-state index in [0.29, 0.717) is 5.15 Å². The first kappa shape index (κ1) is 14.6. The van der Waals surface area contributed by atoms with Gasteiger partial charge in [-0.3, -0.25) is 4.68 Å². The van der Waals surface area contributed by atoms with Crippen LogP contribution >= 0.6 is 27.5 Å². The molecule has 0 bridgehead atoms. The van der Waals surface area contributed by atoms with Crippen LogP contribution in [-0.2, 0) is 13.6 Å². The Labute approximate surface area is 127 Å². The Balaban J connectivity index is 2.04. The van der Waals surface area contributed by atoms with Gasteiger partial charge in [0, 0.05) is 29.7 Å². The number of hydrogen-bond acceptors (Lipinski definition) is 2. The molecule has 1 heterocycles. The minimum atomic E-state index is 0.267. The average molecular weight is 343 g/mol. The van der Waals surface area contributed by atoms with Gasteiger partial charge >= 0.3 is 0 Å². The molecule has 2 rings (SSSR count). The van der Waals surface area contributed by atoms with Gasteiger partial charge in [-0.1, -0.05) is 39.7 Å². The van der Waals surface area contributed by atoms with E-state index in [4.69, 9.17) is 11.6 Å². The van der Waals surface area contributed by atoms with E-state index in [9.17, 15) is 0 Å². The van der Waals surface area contributed by atoms with Gasteiger partial charge in [-0.2, -0.15) is 5.10 Å². The van der Waals surface area contributed by atoms with Gasteiger partial charge in [0.05, 0.1) is 5.69 Å². The Hall–Kier alpha value is -0.840. The van der Waals surface area contributed by atoms with Crippen LogP contribution < -0.4 is 5.32 Å². The summed E-state index contributed by atoms with van der Waals surface area (Å²) in [5.41, 5.74) is 3.29. The SMILES string of the molecule is Cc1nn(C)c(Cl)c1CNC(C)c1ccc(Br)cc1. The highest BCUT2D eigenvalue weighted by Crippen LogP contribution is 2.21. The smallest absolute Gasteiger partial charge is 0.131 e. The van der Waals surface area contributed by atoms with Crippen LogP contribution in [-0.4, -0.2) is 9.78 Å². The third-order valence-electron chi connectivity index (χ3n) is 3.22. The Morgan fingerprint density at radius 1 is 1.37 bits per heavy atom. The van der Waals surface area contributed by atoms with Gasteiger partial charge in [-0.05, 0) is 31.5 Å². The summed E-state index contributed by atoms with van der Waals surface area (Å²) in [6.45, 7) is 4.84. The molecule has 0 fully saturated rings. The van der Waals surface area contributed by atoms with Crippen LogP contribution in [0.1, 0.15) is 29.8 Å². The Kier molecular flexibility index (Phi) is 4.66. The third kappa shape index (κ3) is 3.38. The molecule has 1 unspecified atom stereocenters. The summed E-state index contributed by atoms with van der Waals surface area (Å²) >= 11 is 9.66. The number of nitrogens with zero attached hydrogens (tertiary/aromatic N) is 2. The lowest BCUT2D eigenvalue weighted by atomic mass is 10.1. The molecule has 19 heavy (non-hydrogen) atoms. The molecule has 0 saturated heterocycles. The van der Waals surface area contributed by atoms with E-state index >= 15 is 0 Å². The molecule has 0 spiro atoms. The number of aryl methyl sites for hydroxylation is 2. The fraction of sp³-hybridized carbons (Fsp3) is 0.357. The molecule has 2 aromatic rings. The molecule has 0 aliphatic rings. The number of hydrogen-bond donors (Lipinski definition) is 1. The molecule has 3 nitrogen and oxygen atoms in total. The van der Waals surface area contributed by atoms with Crippen molar-refractivity contribution in [3.8, 4) is 0 Å². The molecule has 1 N–H and O–H groups in total. The second-order valence-electron chi connectivity index (χ2n) is 4.63. The van der Waals surface area contributed by atoms with E-state index in [1.807, 2.05) is 14.0 Å². The zero-order valence-corrected chi connectivity index (χ0v) is 13.6. The summed E-state index contributed by atoms with van der Waals surface area (Å²) in [7, 11) is 1.86. The predicted molar refractivity (Wildman–Crippen MR) is 82.4 cm³/mol. The molecular formula is C14H17BrClN3. The maximum Gasteiger partial charge on any atom is 0.131 e. The lowest BCUT2D eigenvalue weighted by Gasteiger charge is -2.14. The van der Waals surface area contributed by atoms with Gasteiger partial charge in [0.15, 0.2) is 0 Å². The van der Waals surface area contributed by atoms with Gasteiger partial charge in [-0.15, -0.1) is 0 Å². The van der Waals surface area contributed by atoms with Crippen molar-refractivity contribution in [2.45, 2.75) is 26.4 Å². The summed E-state index contributed by atoms with van der Waals surface area (Å²) < 4.78 is 2.80. The standard InChI is InChI=1S/C14H17BrClN3/c1-9(11-4-6-12(15)7-5-11)17-8-13-10(2)18-19(3)14(13)16/h4-7,9,17H,8H2,1-3H3. The van der Waals surface area contributed by atoms with Gasteiger partial charge in [-0.25, -0.2) is 0 Å². The number of benzene rings is 1. The van der Waals surface area contributed by atoms with Gasteiger partial charge in [0.1, 0.15) is 5.15 Å². The van der Waals surface area contributed by atoms with Crippen LogP contribution in [0.25, 0.3) is 0 Å². The molecule has 0 saturated carbocycles. The van der Waals surface area contributed by atoms with E-state index in [-0.39, 0.29) is 6.04 Å². The zero-order chi connectivity index (χ0) is 14.0. The topological polar surface area (TPSA) is 29.9 Å². The lowest BCUT2D eigenvalue weighted by Crippen LogP contribution is -2.18. The molecular weight excluding hydrogens is 326 g/mol. The van der Waals surface area contributed by atoms with Crippen molar-refractivity contribution < 1.29 is 0 Å². The minimum absolute atomic E-state index is 0.267. The van der Waals surface area contributed by atoms with Crippen LogP contribution in [0.15, 0.2) is 28.7 Å². The first-order valence-corrected chi connectivity index (χ1v) is 7.33. The van der Waals surface area contributed by atoms with Crippen molar-refractivity contribution in [1.82, 2.24) is 15.1 Å². The molecule has 0 aliphatic carbocycles. The molecule has 5 heteroatoms. The van der Waals surface area contributed by atoms with E-state index in [0.717, 1.165) is 22.3 Å². The van der Waals surface area contributed by atoms with Crippen LogP contribution in [0, 0.1) is 6.92 Å². The predicted octanol–water partition coefficient (Wildman–Crippen LogP) is 4.00. The normalized spacial score (nSPS) is 12.7. The molecule has 1 aromatic heterocycles. The van der Waals surface area contributed by atoms with E-state index in [2.05, 4.69) is 57.5 Å². The maximum absolute atomic E-state index is 6.22. The highest BCUT2D eigenvalue weighted by molar-refractivity contribution is 9.10. The third-order valence-corrected chi connectivity index (χ3v) is 4.23. The summed E-state index contributed by atoms with van der Waals surface area (Å²) in [6, 6.07) is 8.59. The van der Waals surface area contributed by atoms with Gasteiger partial charge in [0.2, 0.25) is 0 Å². The summed E-state index contributed by atoms with van der Waals surface area (Å²) in [6.07, 6.45) is 0. The first-order chi connectivity index (χ1) is 8.99. The van der Waals surface area contributed by atoms with Gasteiger partial charge < -0.3 is 5.32 Å². The van der Waals surface area contributed by atoms with E-state index in [1.165, 1.54) is 5.56 Å². The Morgan fingerprint density at radius 2 is 2.00 bits per heavy atom. The lowest BCUT2D eigenvalue weighted by molar-refractivity contribution is 0.573. The zero-order valence-electron chi connectivity index (χ0n) is 11.2.